The molecule has 0 radical (unpaired) electrons. The standard InChI is InChI=1S/C12H18O2S/c1-2-15-11-7-5-10(6-8-11)12(14)4-3-9-13/h5-8,12-14H,2-4,9H2,1H3. The molecule has 0 saturated heterocycles. The summed E-state index contributed by atoms with van der Waals surface area (Å²) in [7, 11) is 0. The Kier molecular flexibility index (Phi) is 5.76. The first kappa shape index (κ1) is 12.6. The predicted molar refractivity (Wildman–Crippen MR) is 64.1 cm³/mol. The molecule has 0 spiro atoms. The zero-order valence-corrected chi connectivity index (χ0v) is 9.83. The molecular weight excluding hydrogens is 208 g/mol. The molecule has 0 fully saturated rings. The summed E-state index contributed by atoms with van der Waals surface area (Å²) in [4.78, 5) is 1.23. The number of hydrogen-bond acceptors (Lipinski definition) is 3. The molecule has 0 aliphatic heterocycles. The topological polar surface area (TPSA) is 40.5 Å². The maximum atomic E-state index is 9.75. The van der Waals surface area contributed by atoms with Crippen LogP contribution in [0.2, 0.25) is 0 Å². The summed E-state index contributed by atoms with van der Waals surface area (Å²) < 4.78 is 0. The Morgan fingerprint density at radius 3 is 2.47 bits per heavy atom. The Hall–Kier alpha value is -0.510. The van der Waals surface area contributed by atoms with Crippen molar-refractivity contribution in [3.63, 3.8) is 0 Å². The van der Waals surface area contributed by atoms with Gasteiger partial charge in [-0.25, -0.2) is 0 Å². The molecule has 0 bridgehead atoms. The molecule has 0 aromatic heterocycles. The molecule has 15 heavy (non-hydrogen) atoms. The third-order valence-electron chi connectivity index (χ3n) is 2.21. The lowest BCUT2D eigenvalue weighted by Crippen LogP contribution is -1.98. The summed E-state index contributed by atoms with van der Waals surface area (Å²) in [6, 6.07) is 7.98. The van der Waals surface area contributed by atoms with Gasteiger partial charge in [-0.1, -0.05) is 19.1 Å². The zero-order valence-electron chi connectivity index (χ0n) is 9.02. The van der Waals surface area contributed by atoms with E-state index in [9.17, 15) is 5.11 Å². The maximum absolute atomic E-state index is 9.75. The Balaban J connectivity index is 2.54. The molecule has 0 heterocycles. The van der Waals surface area contributed by atoms with Crippen molar-refractivity contribution < 1.29 is 10.2 Å². The van der Waals surface area contributed by atoms with Crippen molar-refractivity contribution in [3.8, 4) is 0 Å². The first-order valence-corrected chi connectivity index (χ1v) is 6.28. The molecule has 84 valence electrons. The van der Waals surface area contributed by atoms with Crippen LogP contribution >= 0.6 is 11.8 Å². The average Bonchev–Trinajstić information content (AvgIpc) is 2.27. The summed E-state index contributed by atoms with van der Waals surface area (Å²) in [6.07, 6.45) is 0.821. The molecule has 1 unspecified atom stereocenters. The van der Waals surface area contributed by atoms with Gasteiger partial charge in [-0.2, -0.15) is 0 Å². The first-order chi connectivity index (χ1) is 7.27. The SMILES string of the molecule is CCSc1ccc(C(O)CCCO)cc1. The molecule has 0 aliphatic carbocycles. The minimum Gasteiger partial charge on any atom is -0.396 e. The van der Waals surface area contributed by atoms with Gasteiger partial charge < -0.3 is 10.2 Å². The van der Waals surface area contributed by atoms with Crippen molar-refractivity contribution in [2.75, 3.05) is 12.4 Å². The largest absolute Gasteiger partial charge is 0.396 e. The molecular formula is C12H18O2S. The molecule has 0 saturated carbocycles. The second-order valence-corrected chi connectivity index (χ2v) is 4.72. The van der Waals surface area contributed by atoms with E-state index in [4.69, 9.17) is 5.11 Å². The third-order valence-corrected chi connectivity index (χ3v) is 3.11. The molecule has 2 N–H and O–H groups in total. The van der Waals surface area contributed by atoms with E-state index >= 15 is 0 Å². The molecule has 3 heteroatoms. The van der Waals surface area contributed by atoms with Gasteiger partial charge >= 0.3 is 0 Å². The van der Waals surface area contributed by atoms with E-state index in [1.54, 1.807) is 11.8 Å². The van der Waals surface area contributed by atoms with Crippen LogP contribution in [0.4, 0.5) is 0 Å². The Bertz CT molecular complexity index is 271. The Morgan fingerprint density at radius 2 is 1.93 bits per heavy atom. The maximum Gasteiger partial charge on any atom is 0.0790 e. The van der Waals surface area contributed by atoms with Gasteiger partial charge in [-0.05, 0) is 36.3 Å². The van der Waals surface area contributed by atoms with E-state index in [1.807, 2.05) is 24.3 Å². The summed E-state index contributed by atoms with van der Waals surface area (Å²) >= 11 is 1.79. The zero-order chi connectivity index (χ0) is 11.1. The van der Waals surface area contributed by atoms with Crippen LogP contribution in [-0.2, 0) is 0 Å². The number of thioether (sulfide) groups is 1. The summed E-state index contributed by atoms with van der Waals surface area (Å²) in [5.41, 5.74) is 0.934. The van der Waals surface area contributed by atoms with Crippen molar-refractivity contribution in [2.45, 2.75) is 30.8 Å². The highest BCUT2D eigenvalue weighted by Crippen LogP contribution is 2.22. The van der Waals surface area contributed by atoms with Gasteiger partial charge in [0.15, 0.2) is 0 Å². The second kappa shape index (κ2) is 6.88. The molecule has 0 aliphatic rings. The lowest BCUT2D eigenvalue weighted by Gasteiger charge is -2.10. The van der Waals surface area contributed by atoms with Gasteiger partial charge in [0.1, 0.15) is 0 Å². The highest BCUT2D eigenvalue weighted by Gasteiger charge is 2.06. The van der Waals surface area contributed by atoms with Crippen LogP contribution in [0.15, 0.2) is 29.2 Å². The highest BCUT2D eigenvalue weighted by molar-refractivity contribution is 7.99. The summed E-state index contributed by atoms with van der Waals surface area (Å²) in [6.45, 7) is 2.26. The number of benzene rings is 1. The summed E-state index contributed by atoms with van der Waals surface area (Å²) in [5.74, 6) is 1.06. The first-order valence-electron chi connectivity index (χ1n) is 5.29. The highest BCUT2D eigenvalue weighted by atomic mass is 32.2. The van der Waals surface area contributed by atoms with Crippen LogP contribution in [-0.4, -0.2) is 22.6 Å². The third kappa shape index (κ3) is 4.24. The van der Waals surface area contributed by atoms with E-state index in [1.165, 1.54) is 4.90 Å². The summed E-state index contributed by atoms with van der Waals surface area (Å²) in [5, 5.41) is 18.4. The number of hydrogen-bond donors (Lipinski definition) is 2. The van der Waals surface area contributed by atoms with E-state index in [-0.39, 0.29) is 6.61 Å². The van der Waals surface area contributed by atoms with Crippen molar-refractivity contribution >= 4 is 11.8 Å². The monoisotopic (exact) mass is 226 g/mol. The predicted octanol–water partition coefficient (Wildman–Crippen LogP) is 2.60. The molecule has 1 rings (SSSR count). The molecule has 1 aromatic carbocycles. The van der Waals surface area contributed by atoms with Gasteiger partial charge in [0.25, 0.3) is 0 Å². The Labute approximate surface area is 95.3 Å². The van der Waals surface area contributed by atoms with Crippen LogP contribution in [0.5, 0.6) is 0 Å². The van der Waals surface area contributed by atoms with Crippen molar-refractivity contribution in [1.82, 2.24) is 0 Å². The van der Waals surface area contributed by atoms with Crippen LogP contribution < -0.4 is 0 Å². The quantitative estimate of drug-likeness (QED) is 0.733. The van der Waals surface area contributed by atoms with Crippen LogP contribution in [0.3, 0.4) is 0 Å². The van der Waals surface area contributed by atoms with Crippen LogP contribution in [0, 0.1) is 0 Å². The minimum atomic E-state index is -0.446. The second-order valence-electron chi connectivity index (χ2n) is 3.38. The van der Waals surface area contributed by atoms with E-state index in [0.717, 1.165) is 11.3 Å². The average molecular weight is 226 g/mol. The fourth-order valence-corrected chi connectivity index (χ4v) is 2.07. The normalized spacial score (nSPS) is 12.7. The van der Waals surface area contributed by atoms with Gasteiger partial charge in [0, 0.05) is 11.5 Å². The lowest BCUT2D eigenvalue weighted by atomic mass is 10.1. The van der Waals surface area contributed by atoms with Gasteiger partial charge in [0.2, 0.25) is 0 Å². The molecule has 1 atom stereocenters. The van der Waals surface area contributed by atoms with E-state index in [2.05, 4.69) is 6.92 Å². The van der Waals surface area contributed by atoms with Crippen molar-refractivity contribution in [2.24, 2.45) is 0 Å². The molecule has 2 nitrogen and oxygen atoms in total. The smallest absolute Gasteiger partial charge is 0.0790 e. The van der Waals surface area contributed by atoms with E-state index in [0.29, 0.717) is 12.8 Å². The van der Waals surface area contributed by atoms with Crippen LogP contribution in [0.25, 0.3) is 0 Å². The number of rotatable bonds is 6. The fourth-order valence-electron chi connectivity index (χ4n) is 1.40. The van der Waals surface area contributed by atoms with Gasteiger partial charge in [0.05, 0.1) is 6.10 Å². The van der Waals surface area contributed by atoms with Gasteiger partial charge in [-0.15, -0.1) is 11.8 Å². The van der Waals surface area contributed by atoms with Crippen molar-refractivity contribution in [1.29, 1.82) is 0 Å². The molecule has 1 aromatic rings. The van der Waals surface area contributed by atoms with Gasteiger partial charge in [-0.3, -0.25) is 0 Å². The van der Waals surface area contributed by atoms with Crippen molar-refractivity contribution in [3.05, 3.63) is 29.8 Å². The fraction of sp³-hybridized carbons (Fsp3) is 0.500. The minimum absolute atomic E-state index is 0.140. The number of aliphatic hydroxyl groups is 2. The van der Waals surface area contributed by atoms with E-state index < -0.39 is 6.10 Å². The van der Waals surface area contributed by atoms with Crippen LogP contribution in [0.1, 0.15) is 31.4 Å². The lowest BCUT2D eigenvalue weighted by molar-refractivity contribution is 0.152. The Morgan fingerprint density at radius 1 is 1.27 bits per heavy atom. The number of aliphatic hydroxyl groups excluding tert-OH is 2. The molecule has 0 amide bonds.